The topological polar surface area (TPSA) is 49.2 Å². The van der Waals surface area contributed by atoms with Crippen LogP contribution in [0.25, 0.3) is 11.0 Å². The Balaban J connectivity index is 2.08. The Kier molecular flexibility index (Phi) is 2.82. The highest BCUT2D eigenvalue weighted by atomic mass is 16.8. The van der Waals surface area contributed by atoms with Crippen LogP contribution in [-0.2, 0) is 4.74 Å². The van der Waals surface area contributed by atoms with Crippen molar-refractivity contribution >= 4 is 11.0 Å². The molecule has 1 heterocycles. The number of aromatic nitrogens is 3. The van der Waals surface area contributed by atoms with E-state index < -0.39 is 0 Å². The van der Waals surface area contributed by atoms with Gasteiger partial charge in [-0.25, -0.2) is 0 Å². The van der Waals surface area contributed by atoms with E-state index in [0.717, 1.165) is 11.0 Å². The molecular formula is C10H13N3O2. The molecule has 0 amide bonds. The molecular weight excluding hydrogens is 194 g/mol. The molecule has 0 saturated heterocycles. The summed E-state index contributed by atoms with van der Waals surface area (Å²) in [5.41, 5.74) is 1.65. The van der Waals surface area contributed by atoms with Gasteiger partial charge < -0.3 is 9.57 Å². The Morgan fingerprint density at radius 2 is 2.13 bits per heavy atom. The van der Waals surface area contributed by atoms with Gasteiger partial charge in [-0.2, -0.15) is 0 Å². The fourth-order valence-corrected chi connectivity index (χ4v) is 1.16. The summed E-state index contributed by atoms with van der Waals surface area (Å²) in [6, 6.07) is 7.59. The normalized spacial score (nSPS) is 11.1. The van der Waals surface area contributed by atoms with E-state index in [1.807, 2.05) is 38.1 Å². The molecule has 80 valence electrons. The molecule has 0 N–H and O–H groups in total. The van der Waals surface area contributed by atoms with Crippen molar-refractivity contribution in [2.24, 2.45) is 0 Å². The first-order valence-electron chi connectivity index (χ1n) is 4.82. The molecule has 2 rings (SSSR count). The van der Waals surface area contributed by atoms with Gasteiger partial charge in [0.15, 0.2) is 0 Å². The minimum absolute atomic E-state index is 0.139. The molecule has 0 bridgehead atoms. The van der Waals surface area contributed by atoms with Crippen LogP contribution in [0.1, 0.15) is 13.8 Å². The van der Waals surface area contributed by atoms with E-state index in [4.69, 9.17) is 9.57 Å². The lowest BCUT2D eigenvalue weighted by Gasteiger charge is -2.08. The first-order chi connectivity index (χ1) is 7.27. The van der Waals surface area contributed by atoms with E-state index in [2.05, 4.69) is 10.3 Å². The van der Waals surface area contributed by atoms with Crippen molar-refractivity contribution in [3.63, 3.8) is 0 Å². The largest absolute Gasteiger partial charge is 0.366 e. The average molecular weight is 207 g/mol. The summed E-state index contributed by atoms with van der Waals surface area (Å²) in [6.07, 6.45) is 0.139. The predicted octanol–water partition coefficient (Wildman–Crippen LogP) is 1.24. The van der Waals surface area contributed by atoms with Crippen LogP contribution in [0, 0.1) is 0 Å². The molecule has 0 aliphatic carbocycles. The van der Waals surface area contributed by atoms with Gasteiger partial charge in [0, 0.05) is 0 Å². The number of hydrogen-bond donors (Lipinski definition) is 0. The van der Waals surface area contributed by atoms with Crippen molar-refractivity contribution in [2.45, 2.75) is 20.0 Å². The second kappa shape index (κ2) is 4.27. The summed E-state index contributed by atoms with van der Waals surface area (Å²) in [5, 5.41) is 7.81. The fraction of sp³-hybridized carbons (Fsp3) is 0.400. The van der Waals surface area contributed by atoms with E-state index in [1.54, 1.807) is 0 Å². The molecule has 0 radical (unpaired) electrons. The van der Waals surface area contributed by atoms with Gasteiger partial charge in [-0.1, -0.05) is 17.0 Å². The van der Waals surface area contributed by atoms with Crippen molar-refractivity contribution < 1.29 is 9.57 Å². The number of para-hydroxylation sites is 1. The average Bonchev–Trinajstić information content (AvgIpc) is 2.62. The Hall–Kier alpha value is -1.62. The molecule has 0 spiro atoms. The lowest BCUT2D eigenvalue weighted by atomic mass is 10.3. The first kappa shape index (κ1) is 9.92. The number of hydrogen-bond acceptors (Lipinski definition) is 4. The maximum atomic E-state index is 5.29. The number of nitrogens with zero attached hydrogens (tertiary/aromatic N) is 3. The lowest BCUT2D eigenvalue weighted by Crippen LogP contribution is -2.19. The zero-order valence-electron chi connectivity index (χ0n) is 8.75. The Morgan fingerprint density at radius 3 is 2.93 bits per heavy atom. The van der Waals surface area contributed by atoms with Gasteiger partial charge in [-0.15, -0.1) is 5.10 Å². The number of ether oxygens (including phenoxy) is 1. The van der Waals surface area contributed by atoms with Crippen LogP contribution in [0.4, 0.5) is 0 Å². The number of fused-ring (bicyclic) bond motifs is 1. The highest BCUT2D eigenvalue weighted by Crippen LogP contribution is 2.07. The van der Waals surface area contributed by atoms with Crippen molar-refractivity contribution in [2.75, 3.05) is 6.79 Å². The molecule has 1 aromatic carbocycles. The van der Waals surface area contributed by atoms with Crippen molar-refractivity contribution in [1.82, 2.24) is 15.2 Å². The molecule has 0 aliphatic rings. The van der Waals surface area contributed by atoms with Crippen LogP contribution in [0.5, 0.6) is 0 Å². The van der Waals surface area contributed by atoms with E-state index in [0.29, 0.717) is 0 Å². The van der Waals surface area contributed by atoms with E-state index in [-0.39, 0.29) is 12.9 Å². The zero-order chi connectivity index (χ0) is 10.7. The summed E-state index contributed by atoms with van der Waals surface area (Å²) in [4.78, 5) is 6.66. The zero-order valence-corrected chi connectivity index (χ0v) is 8.75. The molecule has 0 atom stereocenters. The summed E-state index contributed by atoms with van der Waals surface area (Å²) in [6.45, 7) is 4.07. The van der Waals surface area contributed by atoms with Crippen LogP contribution < -0.4 is 4.84 Å². The van der Waals surface area contributed by atoms with Gasteiger partial charge in [0.25, 0.3) is 0 Å². The van der Waals surface area contributed by atoms with Crippen LogP contribution in [0.2, 0.25) is 0 Å². The maximum Gasteiger partial charge on any atom is 0.216 e. The molecule has 5 nitrogen and oxygen atoms in total. The highest BCUT2D eigenvalue weighted by Gasteiger charge is 2.03. The van der Waals surface area contributed by atoms with Gasteiger partial charge in [0.2, 0.25) is 6.79 Å². The summed E-state index contributed by atoms with van der Waals surface area (Å²) in [5.74, 6) is 0. The molecule has 0 fully saturated rings. The smallest absolute Gasteiger partial charge is 0.216 e. The van der Waals surface area contributed by atoms with Gasteiger partial charge in [-0.3, -0.25) is 0 Å². The van der Waals surface area contributed by atoms with Crippen molar-refractivity contribution in [1.29, 1.82) is 0 Å². The quantitative estimate of drug-likeness (QED) is 0.708. The monoisotopic (exact) mass is 207 g/mol. The Morgan fingerprint density at radius 1 is 1.33 bits per heavy atom. The van der Waals surface area contributed by atoms with E-state index in [9.17, 15) is 0 Å². The van der Waals surface area contributed by atoms with Gasteiger partial charge in [-0.05, 0) is 31.2 Å². The maximum absolute atomic E-state index is 5.29. The van der Waals surface area contributed by atoms with E-state index in [1.165, 1.54) is 4.85 Å². The molecule has 2 aromatic rings. The third-order valence-corrected chi connectivity index (χ3v) is 1.90. The number of benzene rings is 1. The lowest BCUT2D eigenvalue weighted by molar-refractivity contribution is -0.0902. The third-order valence-electron chi connectivity index (χ3n) is 1.90. The Labute approximate surface area is 87.5 Å². The number of rotatable bonds is 4. The van der Waals surface area contributed by atoms with Crippen molar-refractivity contribution in [3.05, 3.63) is 24.3 Å². The fourth-order valence-electron chi connectivity index (χ4n) is 1.16. The summed E-state index contributed by atoms with van der Waals surface area (Å²) >= 11 is 0. The van der Waals surface area contributed by atoms with Crippen LogP contribution >= 0.6 is 0 Å². The van der Waals surface area contributed by atoms with Crippen LogP contribution in [0.3, 0.4) is 0 Å². The molecule has 0 saturated carbocycles. The van der Waals surface area contributed by atoms with Gasteiger partial charge >= 0.3 is 0 Å². The van der Waals surface area contributed by atoms with Crippen LogP contribution in [-0.4, -0.2) is 28.1 Å². The van der Waals surface area contributed by atoms with Crippen LogP contribution in [0.15, 0.2) is 24.3 Å². The predicted molar refractivity (Wildman–Crippen MR) is 55.2 cm³/mol. The molecule has 1 aromatic heterocycles. The summed E-state index contributed by atoms with van der Waals surface area (Å²) in [7, 11) is 0. The highest BCUT2D eigenvalue weighted by molar-refractivity contribution is 5.73. The minimum atomic E-state index is 0.139. The first-order valence-corrected chi connectivity index (χ1v) is 4.82. The molecule has 0 unspecified atom stereocenters. The minimum Gasteiger partial charge on any atom is -0.366 e. The third kappa shape index (κ3) is 2.24. The Bertz CT molecular complexity index is 439. The SMILES string of the molecule is CC(C)OCOn1nnc2ccccc21. The second-order valence-corrected chi connectivity index (χ2v) is 3.41. The van der Waals surface area contributed by atoms with Crippen molar-refractivity contribution in [3.8, 4) is 0 Å². The molecule has 15 heavy (non-hydrogen) atoms. The van der Waals surface area contributed by atoms with Gasteiger partial charge in [0.1, 0.15) is 11.0 Å². The standard InChI is InChI=1S/C10H13N3O2/c1-8(2)14-7-15-13-10-6-4-3-5-9(10)11-12-13/h3-6,8H,7H2,1-2H3. The second-order valence-electron chi connectivity index (χ2n) is 3.41. The molecule has 0 aliphatic heterocycles. The van der Waals surface area contributed by atoms with Gasteiger partial charge in [0.05, 0.1) is 6.10 Å². The van der Waals surface area contributed by atoms with E-state index >= 15 is 0 Å². The summed E-state index contributed by atoms with van der Waals surface area (Å²) < 4.78 is 5.25. The molecule has 5 heteroatoms.